The molecular formula is C14H8ClF3N2O4. The summed E-state index contributed by atoms with van der Waals surface area (Å²) in [6, 6.07) is 5.98. The van der Waals surface area contributed by atoms with Gasteiger partial charge in [-0.2, -0.15) is 13.2 Å². The van der Waals surface area contributed by atoms with E-state index in [1.165, 1.54) is 18.2 Å². The first kappa shape index (κ1) is 17.5. The van der Waals surface area contributed by atoms with E-state index in [2.05, 4.69) is 5.16 Å². The molecule has 2 rings (SSSR count). The van der Waals surface area contributed by atoms with E-state index in [0.717, 1.165) is 12.3 Å². The van der Waals surface area contributed by atoms with Crippen LogP contribution in [0.2, 0.25) is 5.02 Å². The van der Waals surface area contributed by atoms with Crippen LogP contribution in [-0.2, 0) is 6.18 Å². The molecule has 0 radical (unpaired) electrons. The van der Waals surface area contributed by atoms with Crippen molar-refractivity contribution in [3.8, 4) is 11.5 Å². The molecule has 10 heteroatoms. The first-order valence-electron chi connectivity index (χ1n) is 6.23. The lowest BCUT2D eigenvalue weighted by Gasteiger charge is -2.11. The minimum Gasteiger partial charge on any atom is -0.449 e. The van der Waals surface area contributed by atoms with E-state index >= 15 is 0 Å². The van der Waals surface area contributed by atoms with Crippen LogP contribution in [-0.4, -0.2) is 16.3 Å². The van der Waals surface area contributed by atoms with Crippen LogP contribution in [0.4, 0.5) is 18.9 Å². The van der Waals surface area contributed by atoms with Crippen LogP contribution < -0.4 is 4.74 Å². The molecule has 0 atom stereocenters. The van der Waals surface area contributed by atoms with Gasteiger partial charge < -0.3 is 9.94 Å². The Labute approximate surface area is 137 Å². The van der Waals surface area contributed by atoms with Crippen LogP contribution in [0.25, 0.3) is 0 Å². The van der Waals surface area contributed by atoms with Gasteiger partial charge in [-0.15, -0.1) is 0 Å². The summed E-state index contributed by atoms with van der Waals surface area (Å²) in [5.41, 5.74) is -1.85. The van der Waals surface area contributed by atoms with Gasteiger partial charge in [0.2, 0.25) is 5.75 Å². The molecule has 0 aliphatic heterocycles. The lowest BCUT2D eigenvalue weighted by Crippen LogP contribution is -2.06. The van der Waals surface area contributed by atoms with E-state index in [-0.39, 0.29) is 16.3 Å². The second kappa shape index (κ2) is 6.75. The van der Waals surface area contributed by atoms with E-state index in [9.17, 15) is 23.3 Å². The summed E-state index contributed by atoms with van der Waals surface area (Å²) >= 11 is 5.78. The largest absolute Gasteiger partial charge is 0.449 e. The Morgan fingerprint density at radius 2 is 1.88 bits per heavy atom. The molecular weight excluding hydrogens is 353 g/mol. The van der Waals surface area contributed by atoms with Gasteiger partial charge in [0.05, 0.1) is 16.7 Å². The third kappa shape index (κ3) is 3.93. The van der Waals surface area contributed by atoms with Crippen LogP contribution in [0, 0.1) is 10.1 Å². The molecule has 24 heavy (non-hydrogen) atoms. The molecule has 0 spiro atoms. The Morgan fingerprint density at radius 3 is 2.46 bits per heavy atom. The van der Waals surface area contributed by atoms with Gasteiger partial charge in [0.1, 0.15) is 5.75 Å². The highest BCUT2D eigenvalue weighted by Gasteiger charge is 2.33. The predicted molar refractivity (Wildman–Crippen MR) is 79.0 cm³/mol. The van der Waals surface area contributed by atoms with Gasteiger partial charge in [-0.05, 0) is 30.3 Å². The summed E-state index contributed by atoms with van der Waals surface area (Å²) in [6.07, 6.45) is -3.75. The molecule has 0 aromatic heterocycles. The number of halogens is 4. The summed E-state index contributed by atoms with van der Waals surface area (Å²) < 4.78 is 43.3. The van der Waals surface area contributed by atoms with Crippen molar-refractivity contribution in [2.24, 2.45) is 5.16 Å². The van der Waals surface area contributed by atoms with Gasteiger partial charge in [0.15, 0.2) is 0 Å². The van der Waals surface area contributed by atoms with Crippen LogP contribution in [0.3, 0.4) is 0 Å². The topological polar surface area (TPSA) is 85.0 Å². The summed E-state index contributed by atoms with van der Waals surface area (Å²) in [5, 5.41) is 22.7. The molecule has 2 aromatic rings. The molecule has 0 saturated heterocycles. The van der Waals surface area contributed by atoms with Crippen molar-refractivity contribution >= 4 is 23.5 Å². The van der Waals surface area contributed by atoms with Gasteiger partial charge in [0, 0.05) is 16.7 Å². The maximum absolute atomic E-state index is 12.7. The Hall–Kier alpha value is -2.81. The summed E-state index contributed by atoms with van der Waals surface area (Å²) in [7, 11) is 0. The zero-order valence-electron chi connectivity index (χ0n) is 11.6. The van der Waals surface area contributed by atoms with Crippen LogP contribution in [0.1, 0.15) is 11.1 Å². The molecule has 0 heterocycles. The molecule has 0 fully saturated rings. The molecule has 126 valence electrons. The fourth-order valence-electron chi connectivity index (χ4n) is 1.82. The number of nitro groups is 1. The third-order valence-corrected chi connectivity index (χ3v) is 3.11. The average Bonchev–Trinajstić information content (AvgIpc) is 2.49. The zero-order chi connectivity index (χ0) is 17.9. The van der Waals surface area contributed by atoms with E-state index < -0.39 is 28.1 Å². The summed E-state index contributed by atoms with van der Waals surface area (Å²) in [4.78, 5) is 10.0. The zero-order valence-corrected chi connectivity index (χ0v) is 12.4. The molecule has 0 amide bonds. The molecule has 0 unspecified atom stereocenters. The van der Waals surface area contributed by atoms with Crippen molar-refractivity contribution in [3.05, 3.63) is 62.7 Å². The Balaban J connectivity index is 2.49. The summed E-state index contributed by atoms with van der Waals surface area (Å²) in [6.45, 7) is 0. The first-order valence-corrected chi connectivity index (χ1v) is 6.60. The normalized spacial score (nSPS) is 11.7. The molecule has 0 aliphatic carbocycles. The smallest absolute Gasteiger partial charge is 0.416 e. The monoisotopic (exact) mass is 360 g/mol. The van der Waals surface area contributed by atoms with E-state index in [1.807, 2.05) is 0 Å². The van der Waals surface area contributed by atoms with Gasteiger partial charge >= 0.3 is 11.9 Å². The Kier molecular flexibility index (Phi) is 4.93. The molecule has 0 bridgehead atoms. The van der Waals surface area contributed by atoms with Gasteiger partial charge in [0.25, 0.3) is 0 Å². The second-order valence-electron chi connectivity index (χ2n) is 4.47. The quantitative estimate of drug-likeness (QED) is 0.365. The minimum atomic E-state index is -4.72. The van der Waals surface area contributed by atoms with Gasteiger partial charge in [-0.3, -0.25) is 10.1 Å². The minimum absolute atomic E-state index is 0.0139. The standard InChI is InChI=1S/C14H8ClF3N2O4/c15-10-2-4-12(8(5-10)7-19-21)24-13-3-1-9(14(16,17)18)6-11(13)20(22)23/h1-7,21H/b19-7-. The number of alkyl halides is 3. The van der Waals surface area contributed by atoms with Crippen molar-refractivity contribution in [2.45, 2.75) is 6.18 Å². The van der Waals surface area contributed by atoms with Gasteiger partial charge in [-0.1, -0.05) is 16.8 Å². The third-order valence-electron chi connectivity index (χ3n) is 2.87. The number of nitro benzene ring substituents is 1. The highest BCUT2D eigenvalue weighted by molar-refractivity contribution is 6.30. The lowest BCUT2D eigenvalue weighted by molar-refractivity contribution is -0.385. The van der Waals surface area contributed by atoms with E-state index in [0.29, 0.717) is 12.1 Å². The number of benzene rings is 2. The first-order chi connectivity index (χ1) is 11.2. The highest BCUT2D eigenvalue weighted by Crippen LogP contribution is 2.38. The predicted octanol–water partition coefficient (Wildman–Crippen LogP) is 4.87. The number of nitrogens with zero attached hydrogens (tertiary/aromatic N) is 2. The van der Waals surface area contributed by atoms with E-state index in [4.69, 9.17) is 21.5 Å². The van der Waals surface area contributed by atoms with Crippen molar-refractivity contribution in [1.29, 1.82) is 0 Å². The Bertz CT molecular complexity index is 809. The fraction of sp³-hybridized carbons (Fsp3) is 0.0714. The second-order valence-corrected chi connectivity index (χ2v) is 4.90. The summed E-state index contributed by atoms with van der Waals surface area (Å²) in [5.74, 6) is -0.386. The van der Waals surface area contributed by atoms with Crippen LogP contribution >= 0.6 is 11.6 Å². The highest BCUT2D eigenvalue weighted by atomic mass is 35.5. The van der Waals surface area contributed by atoms with E-state index in [1.54, 1.807) is 0 Å². The fourth-order valence-corrected chi connectivity index (χ4v) is 2.00. The lowest BCUT2D eigenvalue weighted by atomic mass is 10.1. The van der Waals surface area contributed by atoms with Crippen molar-refractivity contribution in [1.82, 2.24) is 0 Å². The molecule has 0 saturated carbocycles. The van der Waals surface area contributed by atoms with Crippen LogP contribution in [0.5, 0.6) is 11.5 Å². The number of hydrogen-bond acceptors (Lipinski definition) is 5. The molecule has 6 nitrogen and oxygen atoms in total. The maximum atomic E-state index is 12.7. The van der Waals surface area contributed by atoms with Crippen LogP contribution in [0.15, 0.2) is 41.6 Å². The Morgan fingerprint density at radius 1 is 1.21 bits per heavy atom. The maximum Gasteiger partial charge on any atom is 0.416 e. The van der Waals surface area contributed by atoms with Crippen molar-refractivity contribution in [3.63, 3.8) is 0 Å². The number of ether oxygens (including phenoxy) is 1. The van der Waals surface area contributed by atoms with Crippen molar-refractivity contribution < 1.29 is 28.0 Å². The average molecular weight is 361 g/mol. The number of hydrogen-bond donors (Lipinski definition) is 1. The van der Waals surface area contributed by atoms with Crippen molar-refractivity contribution in [2.75, 3.05) is 0 Å². The number of oxime groups is 1. The molecule has 2 aromatic carbocycles. The molecule has 1 N–H and O–H groups in total. The van der Waals surface area contributed by atoms with Gasteiger partial charge in [-0.25, -0.2) is 0 Å². The SMILES string of the molecule is O=[N+]([O-])c1cc(C(F)(F)F)ccc1Oc1ccc(Cl)cc1/C=N\O. The molecule has 0 aliphatic rings. The number of rotatable bonds is 4.